The van der Waals surface area contributed by atoms with Gasteiger partial charge in [-0.2, -0.15) is 0 Å². The van der Waals surface area contributed by atoms with Crippen LogP contribution in [0.5, 0.6) is 17.2 Å². The first-order valence-corrected chi connectivity index (χ1v) is 10.1. The Bertz CT molecular complexity index is 807. The summed E-state index contributed by atoms with van der Waals surface area (Å²) in [5, 5.41) is 2.94. The summed E-state index contributed by atoms with van der Waals surface area (Å²) in [7, 11) is 1.67. The quantitative estimate of drug-likeness (QED) is 0.740. The van der Waals surface area contributed by atoms with E-state index in [2.05, 4.69) is 17.1 Å². The second-order valence-electron chi connectivity index (χ2n) is 7.31. The predicted octanol–water partition coefficient (Wildman–Crippen LogP) is 3.17. The van der Waals surface area contributed by atoms with Crippen molar-refractivity contribution in [1.82, 2.24) is 10.2 Å². The maximum Gasteiger partial charge on any atom is 0.257 e. The standard InChI is InChI=1S/C23H30N2O4/c1-4-19-15-25(14-18-13-21(27-3)9-10-22(18)29-19)12-11-24-23(26)16-28-20-7-5-17(2)6-8-20/h5-10,13,19H,4,11-12,14-16H2,1-3H3,(H,24,26). The molecule has 1 unspecified atom stereocenters. The second kappa shape index (κ2) is 10.2. The summed E-state index contributed by atoms with van der Waals surface area (Å²) in [4.78, 5) is 14.4. The Morgan fingerprint density at radius 3 is 2.69 bits per heavy atom. The van der Waals surface area contributed by atoms with Crippen LogP contribution in [0.15, 0.2) is 42.5 Å². The van der Waals surface area contributed by atoms with Crippen LogP contribution in [0.3, 0.4) is 0 Å². The molecule has 2 aromatic rings. The summed E-state index contributed by atoms with van der Waals surface area (Å²) in [6.45, 7) is 7.05. The molecule has 156 valence electrons. The van der Waals surface area contributed by atoms with Gasteiger partial charge in [0.05, 0.1) is 7.11 Å². The number of aryl methyl sites for hydroxylation is 1. The molecule has 1 N–H and O–H groups in total. The molecule has 1 heterocycles. The Morgan fingerprint density at radius 1 is 1.21 bits per heavy atom. The first-order valence-electron chi connectivity index (χ1n) is 10.1. The molecule has 0 saturated carbocycles. The van der Waals surface area contributed by atoms with Crippen molar-refractivity contribution in [3.63, 3.8) is 0 Å². The number of fused-ring (bicyclic) bond motifs is 1. The van der Waals surface area contributed by atoms with E-state index in [1.165, 1.54) is 0 Å². The molecule has 1 atom stereocenters. The highest BCUT2D eigenvalue weighted by Crippen LogP contribution is 2.29. The van der Waals surface area contributed by atoms with Crippen molar-refractivity contribution in [3.8, 4) is 17.2 Å². The van der Waals surface area contributed by atoms with Crippen molar-refractivity contribution in [2.24, 2.45) is 0 Å². The zero-order valence-electron chi connectivity index (χ0n) is 17.4. The molecule has 0 saturated heterocycles. The number of nitrogens with zero attached hydrogens (tertiary/aromatic N) is 1. The van der Waals surface area contributed by atoms with Crippen LogP contribution in [0.2, 0.25) is 0 Å². The van der Waals surface area contributed by atoms with Gasteiger partial charge >= 0.3 is 0 Å². The number of ether oxygens (including phenoxy) is 3. The van der Waals surface area contributed by atoms with E-state index in [1.807, 2.05) is 49.4 Å². The third-order valence-corrected chi connectivity index (χ3v) is 5.01. The molecule has 1 aliphatic rings. The molecule has 6 heteroatoms. The highest BCUT2D eigenvalue weighted by molar-refractivity contribution is 5.77. The van der Waals surface area contributed by atoms with E-state index in [1.54, 1.807) is 7.11 Å². The van der Waals surface area contributed by atoms with Gasteiger partial charge < -0.3 is 19.5 Å². The highest BCUT2D eigenvalue weighted by atomic mass is 16.5. The summed E-state index contributed by atoms with van der Waals surface area (Å²) in [6, 6.07) is 13.6. The first kappa shape index (κ1) is 21.0. The van der Waals surface area contributed by atoms with E-state index in [9.17, 15) is 4.79 Å². The number of rotatable bonds is 8. The number of methoxy groups -OCH3 is 1. The van der Waals surface area contributed by atoms with Gasteiger partial charge in [0, 0.05) is 31.7 Å². The van der Waals surface area contributed by atoms with Crippen molar-refractivity contribution in [2.45, 2.75) is 32.9 Å². The number of benzene rings is 2. The largest absolute Gasteiger partial charge is 0.497 e. The van der Waals surface area contributed by atoms with Crippen molar-refractivity contribution in [1.29, 1.82) is 0 Å². The Balaban J connectivity index is 1.49. The molecular formula is C23H30N2O4. The Morgan fingerprint density at radius 2 is 1.97 bits per heavy atom. The van der Waals surface area contributed by atoms with Crippen LogP contribution in [-0.2, 0) is 11.3 Å². The maximum atomic E-state index is 12.1. The van der Waals surface area contributed by atoms with Crippen molar-refractivity contribution in [3.05, 3.63) is 53.6 Å². The Labute approximate surface area is 172 Å². The van der Waals surface area contributed by atoms with Gasteiger partial charge in [-0.3, -0.25) is 9.69 Å². The average molecular weight is 399 g/mol. The van der Waals surface area contributed by atoms with Crippen LogP contribution in [0.1, 0.15) is 24.5 Å². The smallest absolute Gasteiger partial charge is 0.257 e. The minimum atomic E-state index is -0.120. The van der Waals surface area contributed by atoms with E-state index >= 15 is 0 Å². The summed E-state index contributed by atoms with van der Waals surface area (Å²) >= 11 is 0. The topological polar surface area (TPSA) is 60.0 Å². The Hall–Kier alpha value is -2.73. The van der Waals surface area contributed by atoms with Crippen LogP contribution < -0.4 is 19.5 Å². The summed E-state index contributed by atoms with van der Waals surface area (Å²) < 4.78 is 17.0. The van der Waals surface area contributed by atoms with Crippen LogP contribution in [0.4, 0.5) is 0 Å². The van der Waals surface area contributed by atoms with Gasteiger partial charge in [-0.25, -0.2) is 0 Å². The summed E-state index contributed by atoms with van der Waals surface area (Å²) in [5.41, 5.74) is 2.27. The maximum absolute atomic E-state index is 12.1. The van der Waals surface area contributed by atoms with E-state index in [0.29, 0.717) is 12.3 Å². The number of nitrogens with one attached hydrogen (secondary N) is 1. The molecule has 0 aliphatic carbocycles. The second-order valence-corrected chi connectivity index (χ2v) is 7.31. The zero-order chi connectivity index (χ0) is 20.6. The van der Waals surface area contributed by atoms with Gasteiger partial charge in [0.25, 0.3) is 5.91 Å². The fourth-order valence-corrected chi connectivity index (χ4v) is 3.30. The highest BCUT2D eigenvalue weighted by Gasteiger charge is 2.22. The van der Waals surface area contributed by atoms with Crippen molar-refractivity contribution >= 4 is 5.91 Å². The molecular weight excluding hydrogens is 368 g/mol. The monoisotopic (exact) mass is 398 g/mol. The third kappa shape index (κ3) is 6.12. The molecule has 0 bridgehead atoms. The fourth-order valence-electron chi connectivity index (χ4n) is 3.30. The lowest BCUT2D eigenvalue weighted by molar-refractivity contribution is -0.123. The van der Waals surface area contributed by atoms with Gasteiger partial charge in [-0.05, 0) is 43.7 Å². The van der Waals surface area contributed by atoms with E-state index in [0.717, 1.165) is 48.7 Å². The number of carbonyl (C=O) groups is 1. The van der Waals surface area contributed by atoms with Gasteiger partial charge in [0.1, 0.15) is 23.4 Å². The van der Waals surface area contributed by atoms with Gasteiger partial charge in [0.15, 0.2) is 6.61 Å². The number of amides is 1. The van der Waals surface area contributed by atoms with Gasteiger partial charge in [-0.15, -0.1) is 0 Å². The van der Waals surface area contributed by atoms with E-state index in [4.69, 9.17) is 14.2 Å². The Kier molecular flexibility index (Phi) is 7.36. The molecule has 1 amide bonds. The predicted molar refractivity (Wildman–Crippen MR) is 113 cm³/mol. The van der Waals surface area contributed by atoms with Crippen LogP contribution in [0, 0.1) is 6.92 Å². The molecule has 6 nitrogen and oxygen atoms in total. The molecule has 0 fully saturated rings. The third-order valence-electron chi connectivity index (χ3n) is 5.01. The number of carbonyl (C=O) groups excluding carboxylic acids is 1. The summed E-state index contributed by atoms with van der Waals surface area (Å²) in [5.74, 6) is 2.32. The lowest BCUT2D eigenvalue weighted by Crippen LogP contribution is -2.39. The number of hydrogen-bond acceptors (Lipinski definition) is 5. The van der Waals surface area contributed by atoms with Crippen molar-refractivity contribution in [2.75, 3.05) is 33.4 Å². The molecule has 29 heavy (non-hydrogen) atoms. The van der Waals surface area contributed by atoms with Crippen LogP contribution in [0.25, 0.3) is 0 Å². The minimum Gasteiger partial charge on any atom is -0.497 e. The molecule has 3 rings (SSSR count). The normalized spacial score (nSPS) is 16.3. The lowest BCUT2D eigenvalue weighted by Gasteiger charge is -2.23. The zero-order valence-corrected chi connectivity index (χ0v) is 17.4. The fraction of sp³-hybridized carbons (Fsp3) is 0.435. The molecule has 0 aromatic heterocycles. The SMILES string of the molecule is CCC1CN(CCNC(=O)COc2ccc(C)cc2)Cc2cc(OC)ccc2O1. The molecule has 0 radical (unpaired) electrons. The van der Waals surface area contributed by atoms with Gasteiger partial charge in [-0.1, -0.05) is 24.6 Å². The molecule has 1 aliphatic heterocycles. The lowest BCUT2D eigenvalue weighted by atomic mass is 10.2. The molecule has 2 aromatic carbocycles. The van der Waals surface area contributed by atoms with Crippen molar-refractivity contribution < 1.29 is 19.0 Å². The van der Waals surface area contributed by atoms with Gasteiger partial charge in [0.2, 0.25) is 0 Å². The van der Waals surface area contributed by atoms with E-state index in [-0.39, 0.29) is 18.6 Å². The average Bonchev–Trinajstić information content (AvgIpc) is 2.91. The van der Waals surface area contributed by atoms with Crippen LogP contribution in [-0.4, -0.2) is 50.3 Å². The van der Waals surface area contributed by atoms with Crippen LogP contribution >= 0.6 is 0 Å². The first-order chi connectivity index (χ1) is 14.1. The molecule has 0 spiro atoms. The minimum absolute atomic E-state index is 0.0176. The number of hydrogen-bond donors (Lipinski definition) is 1. The van der Waals surface area contributed by atoms with E-state index < -0.39 is 0 Å². The summed E-state index contributed by atoms with van der Waals surface area (Å²) in [6.07, 6.45) is 1.06.